The van der Waals surface area contributed by atoms with E-state index in [0.29, 0.717) is 17.7 Å². The van der Waals surface area contributed by atoms with Crippen molar-refractivity contribution in [2.45, 2.75) is 26.4 Å². The molecular weight excluding hydrogens is 297 g/mol. The fraction of sp³-hybridized carbons (Fsp3) is 0.308. The molecule has 5 heteroatoms. The third kappa shape index (κ3) is 2.79. The normalized spacial score (nSPS) is 12.7. The van der Waals surface area contributed by atoms with Gasteiger partial charge in [-0.25, -0.2) is 4.39 Å². The van der Waals surface area contributed by atoms with Gasteiger partial charge in [-0.05, 0) is 25.5 Å². The number of hydrogen-bond donors (Lipinski definition) is 2. The molecule has 1 aromatic heterocycles. The molecule has 1 atom stereocenters. The van der Waals surface area contributed by atoms with E-state index < -0.39 is 0 Å². The van der Waals surface area contributed by atoms with Gasteiger partial charge in [0.1, 0.15) is 5.82 Å². The smallest absolute Gasteiger partial charge is 0.131 e. The van der Waals surface area contributed by atoms with Gasteiger partial charge in [-0.1, -0.05) is 22.0 Å². The van der Waals surface area contributed by atoms with Crippen molar-refractivity contribution in [3.8, 4) is 0 Å². The third-order valence-electron chi connectivity index (χ3n) is 3.02. The number of halogens is 2. The van der Waals surface area contributed by atoms with Gasteiger partial charge in [-0.15, -0.1) is 0 Å². The van der Waals surface area contributed by atoms with E-state index in [-0.39, 0.29) is 11.9 Å². The molecule has 3 nitrogen and oxygen atoms in total. The molecule has 0 aliphatic carbocycles. The summed E-state index contributed by atoms with van der Waals surface area (Å²) in [5.41, 5.74) is 2.38. The topological polar surface area (TPSA) is 40.7 Å². The summed E-state index contributed by atoms with van der Waals surface area (Å²) >= 11 is 3.32. The largest absolute Gasteiger partial charge is 0.306 e. The van der Waals surface area contributed by atoms with Crippen molar-refractivity contribution in [3.05, 3.63) is 51.5 Å². The van der Waals surface area contributed by atoms with Crippen molar-refractivity contribution in [1.29, 1.82) is 0 Å². The van der Waals surface area contributed by atoms with E-state index in [1.807, 2.05) is 19.2 Å². The third-order valence-corrected chi connectivity index (χ3v) is 3.88. The molecule has 0 amide bonds. The second kappa shape index (κ2) is 5.63. The molecule has 1 unspecified atom stereocenters. The van der Waals surface area contributed by atoms with Gasteiger partial charge in [0, 0.05) is 34.4 Å². The van der Waals surface area contributed by atoms with Crippen LogP contribution >= 0.6 is 15.9 Å². The number of hydrogen-bond acceptors (Lipinski definition) is 2. The van der Waals surface area contributed by atoms with Gasteiger partial charge < -0.3 is 5.32 Å². The molecule has 0 saturated carbocycles. The van der Waals surface area contributed by atoms with Crippen LogP contribution in [0, 0.1) is 12.7 Å². The van der Waals surface area contributed by atoms with Crippen molar-refractivity contribution in [3.63, 3.8) is 0 Å². The van der Waals surface area contributed by atoms with Crippen LogP contribution in [0.15, 0.2) is 29.0 Å². The molecule has 0 aliphatic rings. The van der Waals surface area contributed by atoms with E-state index in [1.165, 1.54) is 0 Å². The number of H-pyrrole nitrogens is 1. The van der Waals surface area contributed by atoms with Crippen LogP contribution in [0.4, 0.5) is 4.39 Å². The average Bonchev–Trinajstić information content (AvgIpc) is 2.89. The Labute approximate surface area is 114 Å². The number of rotatable bonds is 4. The fourth-order valence-electron chi connectivity index (χ4n) is 1.73. The first-order chi connectivity index (χ1) is 8.59. The Hall–Kier alpha value is -1.20. The molecular formula is C13H15BrFN3. The zero-order valence-electron chi connectivity index (χ0n) is 10.3. The van der Waals surface area contributed by atoms with E-state index in [4.69, 9.17) is 0 Å². The number of nitrogens with zero attached hydrogens (tertiary/aromatic N) is 1. The molecule has 0 bridgehead atoms. The highest BCUT2D eigenvalue weighted by Gasteiger charge is 2.10. The molecule has 0 spiro atoms. The van der Waals surface area contributed by atoms with E-state index in [2.05, 4.69) is 31.4 Å². The minimum absolute atomic E-state index is 0.132. The van der Waals surface area contributed by atoms with Crippen molar-refractivity contribution in [1.82, 2.24) is 15.5 Å². The molecule has 1 heterocycles. The standard InChI is InChI=1S/C13H15BrFN3/c1-8-12(14)4-3-10(13(8)15)5-16-9(2)11-6-17-18-7-11/h3-4,6-7,9,16H,5H2,1-2H3,(H,17,18). The number of benzene rings is 1. The van der Waals surface area contributed by atoms with Crippen LogP contribution in [0.3, 0.4) is 0 Å². The Bertz CT molecular complexity index is 525. The van der Waals surface area contributed by atoms with Crippen molar-refractivity contribution in [2.75, 3.05) is 0 Å². The monoisotopic (exact) mass is 311 g/mol. The van der Waals surface area contributed by atoms with Crippen molar-refractivity contribution >= 4 is 15.9 Å². The Morgan fingerprint density at radius 3 is 2.94 bits per heavy atom. The zero-order valence-corrected chi connectivity index (χ0v) is 11.9. The van der Waals surface area contributed by atoms with Crippen LogP contribution in [-0.4, -0.2) is 10.2 Å². The summed E-state index contributed by atoms with van der Waals surface area (Å²) in [4.78, 5) is 0. The van der Waals surface area contributed by atoms with Crippen molar-refractivity contribution in [2.24, 2.45) is 0 Å². The first-order valence-corrected chi connectivity index (χ1v) is 6.54. The van der Waals surface area contributed by atoms with Gasteiger partial charge in [0.05, 0.1) is 6.20 Å². The lowest BCUT2D eigenvalue weighted by Crippen LogP contribution is -2.18. The first kappa shape index (κ1) is 13.2. The van der Waals surface area contributed by atoms with Gasteiger partial charge in [-0.3, -0.25) is 5.10 Å². The molecule has 2 aromatic rings. The van der Waals surface area contributed by atoms with E-state index in [9.17, 15) is 4.39 Å². The number of aromatic amines is 1. The van der Waals surface area contributed by atoms with E-state index in [1.54, 1.807) is 19.2 Å². The number of aromatic nitrogens is 2. The summed E-state index contributed by atoms with van der Waals surface area (Å²) < 4.78 is 14.8. The number of nitrogens with one attached hydrogen (secondary N) is 2. The Kier molecular flexibility index (Phi) is 4.14. The molecule has 2 N–H and O–H groups in total. The van der Waals surface area contributed by atoms with Crippen LogP contribution < -0.4 is 5.32 Å². The minimum Gasteiger partial charge on any atom is -0.306 e. The van der Waals surface area contributed by atoms with Crippen LogP contribution in [0.5, 0.6) is 0 Å². The van der Waals surface area contributed by atoms with Gasteiger partial charge in [0.25, 0.3) is 0 Å². The van der Waals surface area contributed by atoms with Crippen LogP contribution in [0.1, 0.15) is 29.7 Å². The molecule has 96 valence electrons. The summed E-state index contributed by atoms with van der Waals surface area (Å²) in [5.74, 6) is -0.156. The summed E-state index contributed by atoms with van der Waals surface area (Å²) in [6.45, 7) is 4.28. The van der Waals surface area contributed by atoms with E-state index in [0.717, 1.165) is 10.0 Å². The quantitative estimate of drug-likeness (QED) is 0.907. The molecule has 0 fully saturated rings. The molecule has 2 rings (SSSR count). The van der Waals surface area contributed by atoms with Crippen LogP contribution in [0.25, 0.3) is 0 Å². The molecule has 1 aromatic carbocycles. The maximum absolute atomic E-state index is 14.0. The Morgan fingerprint density at radius 1 is 1.50 bits per heavy atom. The second-order valence-corrected chi connectivity index (χ2v) is 5.13. The predicted octanol–water partition coefficient (Wildman–Crippen LogP) is 3.47. The fourth-order valence-corrected chi connectivity index (χ4v) is 2.04. The summed E-state index contributed by atoms with van der Waals surface area (Å²) in [6.07, 6.45) is 3.60. The minimum atomic E-state index is -0.156. The summed E-state index contributed by atoms with van der Waals surface area (Å²) in [5, 5.41) is 9.94. The van der Waals surface area contributed by atoms with Gasteiger partial charge >= 0.3 is 0 Å². The first-order valence-electron chi connectivity index (χ1n) is 5.75. The zero-order chi connectivity index (χ0) is 13.1. The lowest BCUT2D eigenvalue weighted by Gasteiger charge is -2.13. The van der Waals surface area contributed by atoms with Gasteiger partial charge in [-0.2, -0.15) is 5.10 Å². The average molecular weight is 312 g/mol. The molecule has 0 saturated heterocycles. The maximum Gasteiger partial charge on any atom is 0.131 e. The lowest BCUT2D eigenvalue weighted by atomic mass is 10.1. The SMILES string of the molecule is Cc1c(Br)ccc(CNC(C)c2cn[nH]c2)c1F. The second-order valence-electron chi connectivity index (χ2n) is 4.28. The van der Waals surface area contributed by atoms with Crippen LogP contribution in [0.2, 0.25) is 0 Å². The molecule has 18 heavy (non-hydrogen) atoms. The summed E-state index contributed by atoms with van der Waals surface area (Å²) in [6, 6.07) is 3.80. The highest BCUT2D eigenvalue weighted by atomic mass is 79.9. The lowest BCUT2D eigenvalue weighted by molar-refractivity contribution is 0.540. The molecule has 0 aliphatic heterocycles. The van der Waals surface area contributed by atoms with Gasteiger partial charge in [0.15, 0.2) is 0 Å². The Morgan fingerprint density at radius 2 is 2.28 bits per heavy atom. The highest BCUT2D eigenvalue weighted by Crippen LogP contribution is 2.22. The summed E-state index contributed by atoms with van der Waals surface area (Å²) in [7, 11) is 0. The van der Waals surface area contributed by atoms with Gasteiger partial charge in [0.2, 0.25) is 0 Å². The Balaban J connectivity index is 2.05. The van der Waals surface area contributed by atoms with E-state index >= 15 is 0 Å². The van der Waals surface area contributed by atoms with Crippen LogP contribution in [-0.2, 0) is 6.54 Å². The predicted molar refractivity (Wildman–Crippen MR) is 72.7 cm³/mol. The maximum atomic E-state index is 14.0. The highest BCUT2D eigenvalue weighted by molar-refractivity contribution is 9.10. The molecule has 0 radical (unpaired) electrons. The van der Waals surface area contributed by atoms with Crippen molar-refractivity contribution < 1.29 is 4.39 Å².